The third-order valence-corrected chi connectivity index (χ3v) is 10.1. The third-order valence-electron chi connectivity index (χ3n) is 10.1. The van der Waals surface area contributed by atoms with Crippen LogP contribution in [0.2, 0.25) is 0 Å². The van der Waals surface area contributed by atoms with Crippen LogP contribution in [-0.4, -0.2) is 4.98 Å². The Morgan fingerprint density at radius 2 is 0.407 bits per heavy atom. The van der Waals surface area contributed by atoms with Crippen molar-refractivity contribution in [1.29, 1.82) is 0 Å². The molecule has 1 nitrogen and oxygen atoms in total. The maximum absolute atomic E-state index is 5.15. The molecule has 54 heavy (non-hydrogen) atoms. The van der Waals surface area contributed by atoms with E-state index < -0.39 is 0 Å². The van der Waals surface area contributed by atoms with E-state index in [2.05, 4.69) is 224 Å². The van der Waals surface area contributed by atoms with E-state index in [1.165, 1.54) is 55.6 Å². The van der Waals surface area contributed by atoms with Gasteiger partial charge in [0.25, 0.3) is 0 Å². The standard InChI is InChI=1S/C53H37N/c1-5-15-38(16-6-1)40-27-29-41(30-28-40)44-23-13-24-45(31-44)46-25-14-26-47(32-46)49-33-48(39-17-7-2-8-18-39)34-50(35-49)51-36-52(42-19-9-3-10-20-42)54-53(37-51)43-21-11-4-12-22-43/h1-37H. The van der Waals surface area contributed by atoms with Crippen LogP contribution in [0.1, 0.15) is 0 Å². The molecule has 254 valence electrons. The summed E-state index contributed by atoms with van der Waals surface area (Å²) in [6.45, 7) is 0. The lowest BCUT2D eigenvalue weighted by molar-refractivity contribution is 1.32. The average molecular weight is 688 g/mol. The van der Waals surface area contributed by atoms with Gasteiger partial charge < -0.3 is 0 Å². The molecule has 0 aliphatic heterocycles. The molecule has 0 saturated carbocycles. The first-order valence-corrected chi connectivity index (χ1v) is 18.4. The third kappa shape index (κ3) is 7.04. The topological polar surface area (TPSA) is 12.9 Å². The normalized spacial score (nSPS) is 11.0. The molecule has 0 fully saturated rings. The highest BCUT2D eigenvalue weighted by molar-refractivity contribution is 5.86. The highest BCUT2D eigenvalue weighted by Crippen LogP contribution is 2.37. The smallest absolute Gasteiger partial charge is 0.0715 e. The molecule has 0 N–H and O–H groups in total. The Bertz CT molecular complexity index is 2610. The first-order chi connectivity index (χ1) is 26.7. The van der Waals surface area contributed by atoms with Crippen molar-refractivity contribution in [3.05, 3.63) is 224 Å². The maximum atomic E-state index is 5.15. The van der Waals surface area contributed by atoms with E-state index in [0.717, 1.165) is 33.6 Å². The lowest BCUT2D eigenvalue weighted by Gasteiger charge is -2.15. The zero-order chi connectivity index (χ0) is 36.1. The number of benzene rings is 8. The number of aromatic nitrogens is 1. The van der Waals surface area contributed by atoms with Gasteiger partial charge in [-0.3, -0.25) is 0 Å². The molecule has 0 amide bonds. The molecular formula is C53H37N. The van der Waals surface area contributed by atoms with Crippen molar-refractivity contribution in [3.8, 4) is 89.3 Å². The fourth-order valence-corrected chi connectivity index (χ4v) is 7.21. The van der Waals surface area contributed by atoms with Crippen LogP contribution in [0.3, 0.4) is 0 Å². The Balaban J connectivity index is 1.13. The summed E-state index contributed by atoms with van der Waals surface area (Å²) in [5, 5.41) is 0. The largest absolute Gasteiger partial charge is 0.248 e. The van der Waals surface area contributed by atoms with Crippen LogP contribution in [-0.2, 0) is 0 Å². The van der Waals surface area contributed by atoms with Crippen molar-refractivity contribution in [2.75, 3.05) is 0 Å². The molecule has 0 bridgehead atoms. The van der Waals surface area contributed by atoms with Crippen LogP contribution in [0.25, 0.3) is 89.3 Å². The fourth-order valence-electron chi connectivity index (χ4n) is 7.21. The number of nitrogens with zero attached hydrogens (tertiary/aromatic N) is 1. The van der Waals surface area contributed by atoms with Crippen LogP contribution in [0, 0.1) is 0 Å². The summed E-state index contributed by atoms with van der Waals surface area (Å²) in [5.41, 5.74) is 18.3. The van der Waals surface area contributed by atoms with Crippen LogP contribution in [0.5, 0.6) is 0 Å². The van der Waals surface area contributed by atoms with Gasteiger partial charge in [0.2, 0.25) is 0 Å². The zero-order valence-corrected chi connectivity index (χ0v) is 29.8. The Morgan fingerprint density at radius 1 is 0.167 bits per heavy atom. The van der Waals surface area contributed by atoms with Gasteiger partial charge in [0.1, 0.15) is 0 Å². The molecule has 9 aromatic rings. The highest BCUT2D eigenvalue weighted by atomic mass is 14.7. The first-order valence-electron chi connectivity index (χ1n) is 18.4. The summed E-state index contributed by atoms with van der Waals surface area (Å²) in [5.74, 6) is 0. The van der Waals surface area contributed by atoms with E-state index in [-0.39, 0.29) is 0 Å². The minimum atomic E-state index is 0.954. The van der Waals surface area contributed by atoms with E-state index in [0.29, 0.717) is 0 Å². The SMILES string of the molecule is c1ccc(-c2ccc(-c3cccc(-c4cccc(-c5cc(-c6ccccc6)cc(-c6cc(-c7ccccc7)nc(-c7ccccc7)c6)c5)c4)c3)cc2)cc1. The second-order valence-corrected chi connectivity index (χ2v) is 13.6. The summed E-state index contributed by atoms with van der Waals surface area (Å²) in [7, 11) is 0. The van der Waals surface area contributed by atoms with Gasteiger partial charge in [0.05, 0.1) is 11.4 Å². The highest BCUT2D eigenvalue weighted by Gasteiger charge is 2.13. The van der Waals surface area contributed by atoms with E-state index in [4.69, 9.17) is 4.98 Å². The molecule has 0 unspecified atom stereocenters. The Kier molecular flexibility index (Phi) is 9.03. The van der Waals surface area contributed by atoms with E-state index in [1.54, 1.807) is 0 Å². The van der Waals surface area contributed by atoms with E-state index in [1.807, 2.05) is 0 Å². The summed E-state index contributed by atoms with van der Waals surface area (Å²) >= 11 is 0. The molecule has 0 atom stereocenters. The molecule has 9 rings (SSSR count). The van der Waals surface area contributed by atoms with Gasteiger partial charge in [-0.2, -0.15) is 0 Å². The monoisotopic (exact) mass is 687 g/mol. The second-order valence-electron chi connectivity index (χ2n) is 13.6. The molecule has 1 heterocycles. The summed E-state index contributed by atoms with van der Waals surface area (Å²) in [6, 6.07) is 80.2. The zero-order valence-electron chi connectivity index (χ0n) is 29.8. The molecule has 0 spiro atoms. The van der Waals surface area contributed by atoms with Gasteiger partial charge in [-0.15, -0.1) is 0 Å². The summed E-state index contributed by atoms with van der Waals surface area (Å²) < 4.78 is 0. The van der Waals surface area contributed by atoms with Crippen LogP contribution < -0.4 is 0 Å². The Morgan fingerprint density at radius 3 is 0.852 bits per heavy atom. The number of hydrogen-bond acceptors (Lipinski definition) is 1. The molecule has 8 aromatic carbocycles. The number of pyridine rings is 1. The number of rotatable bonds is 8. The number of hydrogen-bond donors (Lipinski definition) is 0. The average Bonchev–Trinajstić information content (AvgIpc) is 3.27. The summed E-state index contributed by atoms with van der Waals surface area (Å²) in [6.07, 6.45) is 0. The van der Waals surface area contributed by atoms with E-state index in [9.17, 15) is 0 Å². The Labute approximate surface area is 317 Å². The van der Waals surface area contributed by atoms with Crippen molar-refractivity contribution in [3.63, 3.8) is 0 Å². The van der Waals surface area contributed by atoms with Gasteiger partial charge >= 0.3 is 0 Å². The quantitative estimate of drug-likeness (QED) is 0.155. The van der Waals surface area contributed by atoms with Crippen molar-refractivity contribution >= 4 is 0 Å². The molecule has 0 aliphatic carbocycles. The molecular weight excluding hydrogens is 651 g/mol. The predicted octanol–water partition coefficient (Wildman–Crippen LogP) is 14.4. The van der Waals surface area contributed by atoms with E-state index >= 15 is 0 Å². The summed E-state index contributed by atoms with van der Waals surface area (Å²) in [4.78, 5) is 5.15. The molecule has 1 aromatic heterocycles. The van der Waals surface area contributed by atoms with Crippen LogP contribution >= 0.6 is 0 Å². The molecule has 0 radical (unpaired) electrons. The van der Waals surface area contributed by atoms with Crippen molar-refractivity contribution in [2.45, 2.75) is 0 Å². The van der Waals surface area contributed by atoms with Crippen molar-refractivity contribution < 1.29 is 0 Å². The van der Waals surface area contributed by atoms with Crippen molar-refractivity contribution in [1.82, 2.24) is 4.98 Å². The van der Waals surface area contributed by atoms with Gasteiger partial charge in [-0.25, -0.2) is 4.98 Å². The van der Waals surface area contributed by atoms with Gasteiger partial charge in [0.15, 0.2) is 0 Å². The van der Waals surface area contributed by atoms with Crippen LogP contribution in [0.15, 0.2) is 224 Å². The van der Waals surface area contributed by atoms with Crippen molar-refractivity contribution in [2.24, 2.45) is 0 Å². The predicted molar refractivity (Wildman–Crippen MR) is 228 cm³/mol. The maximum Gasteiger partial charge on any atom is 0.0715 e. The lowest BCUT2D eigenvalue weighted by Crippen LogP contribution is -1.92. The second kappa shape index (κ2) is 14.9. The van der Waals surface area contributed by atoms with Gasteiger partial charge in [0, 0.05) is 11.1 Å². The molecule has 1 heteroatoms. The fraction of sp³-hybridized carbons (Fsp3) is 0. The minimum absolute atomic E-state index is 0.954. The first kappa shape index (κ1) is 32.8. The van der Waals surface area contributed by atoms with Gasteiger partial charge in [-0.1, -0.05) is 182 Å². The molecule has 0 saturated heterocycles. The lowest BCUT2D eigenvalue weighted by atomic mass is 9.91. The van der Waals surface area contributed by atoms with Gasteiger partial charge in [-0.05, 0) is 109 Å². The molecule has 0 aliphatic rings. The minimum Gasteiger partial charge on any atom is -0.248 e. The van der Waals surface area contributed by atoms with Crippen LogP contribution in [0.4, 0.5) is 0 Å². The Hall–Kier alpha value is -7.09.